The molecule has 0 aromatic carbocycles. The Morgan fingerprint density at radius 3 is 2.81 bits per heavy atom. The van der Waals surface area contributed by atoms with E-state index < -0.39 is 12.0 Å². The molecule has 1 rings (SSSR count). The van der Waals surface area contributed by atoms with Crippen LogP contribution in [0.15, 0.2) is 22.8 Å². The third-order valence-electron chi connectivity index (χ3n) is 2.03. The van der Waals surface area contributed by atoms with Gasteiger partial charge in [0.2, 0.25) is 0 Å². The number of rotatable bonds is 4. The molecule has 0 spiro atoms. The molecular weight excluding hydrogens is 212 g/mol. The third-order valence-corrected chi connectivity index (χ3v) is 2.03. The van der Waals surface area contributed by atoms with Crippen molar-refractivity contribution in [2.24, 2.45) is 0 Å². The molecule has 0 saturated heterocycles. The lowest BCUT2D eigenvalue weighted by Gasteiger charge is -2.18. The number of nitrogens with one attached hydrogen (secondary N) is 1. The number of hydrogen-bond donors (Lipinski definition) is 2. The van der Waals surface area contributed by atoms with Crippen LogP contribution in [-0.2, 0) is 4.79 Å². The maximum atomic E-state index is 11.5. The monoisotopic (exact) mass is 226 g/mol. The van der Waals surface area contributed by atoms with E-state index in [9.17, 15) is 9.59 Å². The number of amides is 2. The maximum absolute atomic E-state index is 11.5. The van der Waals surface area contributed by atoms with E-state index in [1.54, 1.807) is 19.1 Å². The minimum absolute atomic E-state index is 0.293. The molecule has 2 amide bonds. The van der Waals surface area contributed by atoms with E-state index in [1.165, 1.54) is 13.3 Å². The summed E-state index contributed by atoms with van der Waals surface area (Å²) < 4.78 is 5.11. The summed E-state index contributed by atoms with van der Waals surface area (Å²) >= 11 is 0. The van der Waals surface area contributed by atoms with Crippen LogP contribution in [0.4, 0.5) is 4.79 Å². The molecule has 1 heterocycles. The molecule has 6 heteroatoms. The van der Waals surface area contributed by atoms with Crippen LogP contribution >= 0.6 is 0 Å². The maximum Gasteiger partial charge on any atom is 0.323 e. The van der Waals surface area contributed by atoms with Crippen LogP contribution < -0.4 is 5.32 Å². The van der Waals surface area contributed by atoms with Crippen LogP contribution in [-0.4, -0.2) is 35.6 Å². The van der Waals surface area contributed by atoms with E-state index in [-0.39, 0.29) is 12.6 Å². The summed E-state index contributed by atoms with van der Waals surface area (Å²) in [5, 5.41) is 11.1. The van der Waals surface area contributed by atoms with Crippen LogP contribution in [0.25, 0.3) is 0 Å². The minimum atomic E-state index is -1.05. The van der Waals surface area contributed by atoms with E-state index in [0.717, 1.165) is 4.90 Å². The van der Waals surface area contributed by atoms with Gasteiger partial charge in [-0.3, -0.25) is 4.79 Å². The molecule has 1 aromatic rings. The largest absolute Gasteiger partial charge is 0.480 e. The summed E-state index contributed by atoms with van der Waals surface area (Å²) in [4.78, 5) is 23.0. The molecule has 2 N–H and O–H groups in total. The zero-order valence-electron chi connectivity index (χ0n) is 9.14. The van der Waals surface area contributed by atoms with Crippen molar-refractivity contribution < 1.29 is 19.1 Å². The van der Waals surface area contributed by atoms with Crippen molar-refractivity contribution in [3.63, 3.8) is 0 Å². The van der Waals surface area contributed by atoms with Crippen LogP contribution in [0.3, 0.4) is 0 Å². The van der Waals surface area contributed by atoms with Gasteiger partial charge in [0.1, 0.15) is 12.3 Å². The van der Waals surface area contributed by atoms with Gasteiger partial charge in [0, 0.05) is 7.05 Å². The van der Waals surface area contributed by atoms with Gasteiger partial charge in [0.15, 0.2) is 0 Å². The zero-order valence-corrected chi connectivity index (χ0v) is 9.14. The smallest absolute Gasteiger partial charge is 0.323 e. The molecule has 0 bridgehead atoms. The minimum Gasteiger partial charge on any atom is -0.480 e. The van der Waals surface area contributed by atoms with Gasteiger partial charge in [0.05, 0.1) is 12.3 Å². The number of aliphatic carboxylic acids is 1. The Kier molecular flexibility index (Phi) is 3.93. The Morgan fingerprint density at radius 1 is 1.62 bits per heavy atom. The molecular formula is C10H14N2O4. The summed E-state index contributed by atoms with van der Waals surface area (Å²) in [5.74, 6) is -0.430. The molecule has 1 atom stereocenters. The lowest BCUT2D eigenvalue weighted by molar-refractivity contribution is -0.137. The Morgan fingerprint density at radius 2 is 2.31 bits per heavy atom. The van der Waals surface area contributed by atoms with E-state index in [0.29, 0.717) is 5.76 Å². The van der Waals surface area contributed by atoms with Crippen LogP contribution in [0.1, 0.15) is 18.7 Å². The molecule has 1 unspecified atom stereocenters. The molecule has 0 aliphatic heterocycles. The predicted molar refractivity (Wildman–Crippen MR) is 55.9 cm³/mol. The summed E-state index contributed by atoms with van der Waals surface area (Å²) in [7, 11) is 1.41. The van der Waals surface area contributed by atoms with Crippen molar-refractivity contribution >= 4 is 12.0 Å². The summed E-state index contributed by atoms with van der Waals surface area (Å²) in [6.45, 7) is 1.42. The first-order valence-electron chi connectivity index (χ1n) is 4.77. The Bertz CT molecular complexity index is 361. The number of carbonyl (C=O) groups excluding carboxylic acids is 1. The van der Waals surface area contributed by atoms with Gasteiger partial charge in [-0.1, -0.05) is 0 Å². The highest BCUT2D eigenvalue weighted by atomic mass is 16.4. The third kappa shape index (κ3) is 3.30. The van der Waals surface area contributed by atoms with E-state index >= 15 is 0 Å². The van der Waals surface area contributed by atoms with Crippen molar-refractivity contribution in [1.29, 1.82) is 0 Å². The number of carboxylic acid groups (broad SMARTS) is 1. The van der Waals surface area contributed by atoms with Crippen LogP contribution in [0.5, 0.6) is 0 Å². The summed E-state index contributed by atoms with van der Waals surface area (Å²) in [5.41, 5.74) is 0. The summed E-state index contributed by atoms with van der Waals surface area (Å²) in [6.07, 6.45) is 1.51. The first-order chi connectivity index (χ1) is 7.50. The number of furan rings is 1. The number of likely N-dealkylation sites (N-methyl/N-ethyl adjacent to an activating group) is 1. The van der Waals surface area contributed by atoms with Gasteiger partial charge in [0.25, 0.3) is 0 Å². The van der Waals surface area contributed by atoms with E-state index in [1.807, 2.05) is 0 Å². The van der Waals surface area contributed by atoms with Crippen LogP contribution in [0, 0.1) is 0 Å². The van der Waals surface area contributed by atoms with Gasteiger partial charge in [-0.05, 0) is 19.1 Å². The second-order valence-corrected chi connectivity index (χ2v) is 3.44. The van der Waals surface area contributed by atoms with Gasteiger partial charge >= 0.3 is 12.0 Å². The first-order valence-corrected chi connectivity index (χ1v) is 4.77. The highest BCUT2D eigenvalue weighted by Crippen LogP contribution is 2.12. The topological polar surface area (TPSA) is 82.8 Å². The molecule has 0 aliphatic rings. The molecule has 0 saturated carbocycles. The lowest BCUT2D eigenvalue weighted by atomic mass is 10.2. The second-order valence-electron chi connectivity index (χ2n) is 3.44. The van der Waals surface area contributed by atoms with Crippen molar-refractivity contribution in [3.8, 4) is 0 Å². The summed E-state index contributed by atoms with van der Waals surface area (Å²) in [6, 6.07) is 2.71. The predicted octanol–water partition coefficient (Wildman–Crippen LogP) is 1.07. The van der Waals surface area contributed by atoms with Crippen molar-refractivity contribution in [2.45, 2.75) is 13.0 Å². The van der Waals surface area contributed by atoms with Crippen molar-refractivity contribution in [3.05, 3.63) is 24.2 Å². The van der Waals surface area contributed by atoms with Gasteiger partial charge < -0.3 is 19.7 Å². The number of nitrogens with zero attached hydrogens (tertiary/aromatic N) is 1. The SMILES string of the molecule is CC(NC(=O)N(C)CC(=O)O)c1ccco1. The molecule has 0 fully saturated rings. The van der Waals surface area contributed by atoms with Crippen LogP contribution in [0.2, 0.25) is 0 Å². The Balaban J connectivity index is 2.48. The Hall–Kier alpha value is -1.98. The number of carboxylic acids is 1. The van der Waals surface area contributed by atoms with E-state index in [4.69, 9.17) is 9.52 Å². The number of urea groups is 1. The molecule has 6 nitrogen and oxygen atoms in total. The molecule has 88 valence electrons. The van der Waals surface area contributed by atoms with Crippen molar-refractivity contribution in [2.75, 3.05) is 13.6 Å². The zero-order chi connectivity index (χ0) is 12.1. The standard InChI is InChI=1S/C10H14N2O4/c1-7(8-4-3-5-16-8)11-10(15)12(2)6-9(13)14/h3-5,7H,6H2,1-2H3,(H,11,15)(H,13,14). The highest BCUT2D eigenvalue weighted by molar-refractivity contribution is 5.79. The molecule has 16 heavy (non-hydrogen) atoms. The normalized spacial score (nSPS) is 11.9. The first kappa shape index (κ1) is 12.1. The van der Waals surface area contributed by atoms with Gasteiger partial charge in [-0.2, -0.15) is 0 Å². The van der Waals surface area contributed by atoms with E-state index in [2.05, 4.69) is 5.32 Å². The fourth-order valence-corrected chi connectivity index (χ4v) is 1.18. The second kappa shape index (κ2) is 5.20. The average Bonchev–Trinajstić information content (AvgIpc) is 2.68. The molecule has 0 radical (unpaired) electrons. The quantitative estimate of drug-likeness (QED) is 0.804. The average molecular weight is 226 g/mol. The van der Waals surface area contributed by atoms with Gasteiger partial charge in [-0.25, -0.2) is 4.79 Å². The fourth-order valence-electron chi connectivity index (χ4n) is 1.18. The van der Waals surface area contributed by atoms with Gasteiger partial charge in [-0.15, -0.1) is 0 Å². The van der Waals surface area contributed by atoms with Crippen molar-refractivity contribution in [1.82, 2.24) is 10.2 Å². The highest BCUT2D eigenvalue weighted by Gasteiger charge is 2.16. The molecule has 1 aromatic heterocycles. The lowest BCUT2D eigenvalue weighted by Crippen LogP contribution is -2.41. The number of carbonyl (C=O) groups is 2. The number of hydrogen-bond acceptors (Lipinski definition) is 3. The fraction of sp³-hybridized carbons (Fsp3) is 0.400. The Labute approximate surface area is 92.8 Å². The molecule has 0 aliphatic carbocycles.